The molecule has 2 aromatic heterocycles. The van der Waals surface area contributed by atoms with Gasteiger partial charge in [0.05, 0.1) is 24.7 Å². The van der Waals surface area contributed by atoms with Gasteiger partial charge < -0.3 is 15.0 Å². The average Bonchev–Trinajstić information content (AvgIpc) is 2.97. The third-order valence-corrected chi connectivity index (χ3v) is 4.09. The molecular weight excluding hydrogens is 304 g/mol. The quantitative estimate of drug-likeness (QED) is 0.748. The van der Waals surface area contributed by atoms with Gasteiger partial charge in [-0.1, -0.05) is 12.1 Å². The van der Waals surface area contributed by atoms with Crippen molar-refractivity contribution < 1.29 is 4.74 Å². The summed E-state index contributed by atoms with van der Waals surface area (Å²) in [7, 11) is 7.68. The molecule has 7 nitrogen and oxygen atoms in total. The van der Waals surface area contributed by atoms with Gasteiger partial charge >= 0.3 is 0 Å². The Morgan fingerprint density at radius 3 is 2.88 bits per heavy atom. The number of anilines is 1. The smallest absolute Gasteiger partial charge is 0.163 e. The molecule has 1 N–H and O–H groups in total. The Morgan fingerprint density at radius 1 is 1.29 bits per heavy atom. The van der Waals surface area contributed by atoms with Crippen molar-refractivity contribution in [2.75, 3.05) is 33.1 Å². The number of ether oxygens (including phenoxy) is 1. The van der Waals surface area contributed by atoms with E-state index < -0.39 is 0 Å². The van der Waals surface area contributed by atoms with Gasteiger partial charge in [-0.15, -0.1) is 0 Å². The molecule has 0 spiro atoms. The maximum atomic E-state index is 5.34. The molecule has 1 atom stereocenters. The van der Waals surface area contributed by atoms with Crippen molar-refractivity contribution in [3.05, 3.63) is 42.4 Å². The number of nitrogens with one attached hydrogen (secondary N) is 1. The zero-order valence-corrected chi connectivity index (χ0v) is 14.4. The van der Waals surface area contributed by atoms with E-state index in [9.17, 15) is 0 Å². The van der Waals surface area contributed by atoms with Crippen LogP contribution < -0.4 is 10.1 Å². The van der Waals surface area contributed by atoms with Gasteiger partial charge in [-0.2, -0.15) is 5.10 Å². The Balaban J connectivity index is 1.83. The van der Waals surface area contributed by atoms with E-state index in [-0.39, 0.29) is 6.04 Å². The molecule has 0 saturated carbocycles. The second-order valence-electron chi connectivity index (χ2n) is 5.86. The molecule has 2 heterocycles. The molecule has 0 aliphatic carbocycles. The van der Waals surface area contributed by atoms with Crippen LogP contribution in [0.25, 0.3) is 11.0 Å². The summed E-state index contributed by atoms with van der Waals surface area (Å²) in [5, 5.41) is 8.60. The highest BCUT2D eigenvalue weighted by atomic mass is 16.5. The van der Waals surface area contributed by atoms with Crippen LogP contribution in [0.5, 0.6) is 5.75 Å². The monoisotopic (exact) mass is 326 g/mol. The van der Waals surface area contributed by atoms with E-state index in [0.717, 1.165) is 22.6 Å². The number of rotatable bonds is 6. The van der Waals surface area contributed by atoms with Crippen molar-refractivity contribution in [1.82, 2.24) is 24.6 Å². The number of hydrogen-bond acceptors (Lipinski definition) is 6. The van der Waals surface area contributed by atoms with Gasteiger partial charge in [0.25, 0.3) is 0 Å². The minimum absolute atomic E-state index is 0.182. The lowest BCUT2D eigenvalue weighted by Crippen LogP contribution is -2.27. The van der Waals surface area contributed by atoms with Crippen molar-refractivity contribution in [3.63, 3.8) is 0 Å². The number of nitrogens with zero attached hydrogens (tertiary/aromatic N) is 5. The molecule has 0 amide bonds. The molecule has 24 heavy (non-hydrogen) atoms. The van der Waals surface area contributed by atoms with Gasteiger partial charge in [-0.3, -0.25) is 4.68 Å². The number of benzene rings is 1. The fourth-order valence-electron chi connectivity index (χ4n) is 2.74. The Morgan fingerprint density at radius 2 is 2.12 bits per heavy atom. The molecule has 7 heteroatoms. The summed E-state index contributed by atoms with van der Waals surface area (Å²) in [5.74, 6) is 1.65. The summed E-state index contributed by atoms with van der Waals surface area (Å²) in [5.41, 5.74) is 2.00. The van der Waals surface area contributed by atoms with Gasteiger partial charge in [-0.05, 0) is 31.8 Å². The molecule has 0 fully saturated rings. The Hall–Kier alpha value is -2.67. The summed E-state index contributed by atoms with van der Waals surface area (Å²) in [4.78, 5) is 10.8. The molecule has 0 saturated heterocycles. The molecule has 0 radical (unpaired) electrons. The van der Waals surface area contributed by atoms with Crippen LogP contribution in [0.1, 0.15) is 11.6 Å². The van der Waals surface area contributed by atoms with Gasteiger partial charge in [-0.25, -0.2) is 9.97 Å². The van der Waals surface area contributed by atoms with Crippen LogP contribution in [-0.2, 0) is 7.05 Å². The summed E-state index contributed by atoms with van der Waals surface area (Å²) in [6.07, 6.45) is 3.34. The highest BCUT2D eigenvalue weighted by Gasteiger charge is 2.16. The number of aromatic nitrogens is 4. The Kier molecular flexibility index (Phi) is 4.61. The Bertz CT molecular complexity index is 829. The minimum Gasteiger partial charge on any atom is -0.497 e. The lowest BCUT2D eigenvalue weighted by molar-refractivity contribution is 0.310. The van der Waals surface area contributed by atoms with Crippen molar-refractivity contribution >= 4 is 16.9 Å². The maximum Gasteiger partial charge on any atom is 0.163 e. The molecule has 0 aliphatic rings. The molecule has 0 bridgehead atoms. The first-order valence-electron chi connectivity index (χ1n) is 7.77. The third kappa shape index (κ3) is 3.16. The zero-order chi connectivity index (χ0) is 17.1. The Labute approximate surface area is 141 Å². The molecule has 3 rings (SSSR count). The van der Waals surface area contributed by atoms with Crippen LogP contribution in [-0.4, -0.2) is 52.4 Å². The summed E-state index contributed by atoms with van der Waals surface area (Å²) >= 11 is 0. The summed E-state index contributed by atoms with van der Waals surface area (Å²) in [6.45, 7) is 0.709. The van der Waals surface area contributed by atoms with Crippen molar-refractivity contribution in [3.8, 4) is 5.75 Å². The van der Waals surface area contributed by atoms with E-state index in [0.29, 0.717) is 6.54 Å². The van der Waals surface area contributed by atoms with E-state index in [1.807, 2.05) is 19.2 Å². The van der Waals surface area contributed by atoms with Crippen LogP contribution >= 0.6 is 0 Å². The van der Waals surface area contributed by atoms with Gasteiger partial charge in [0.2, 0.25) is 0 Å². The average molecular weight is 326 g/mol. The van der Waals surface area contributed by atoms with Crippen LogP contribution in [0.15, 0.2) is 36.8 Å². The lowest BCUT2D eigenvalue weighted by Gasteiger charge is -2.25. The third-order valence-electron chi connectivity index (χ3n) is 4.09. The largest absolute Gasteiger partial charge is 0.497 e. The highest BCUT2D eigenvalue weighted by Crippen LogP contribution is 2.24. The molecule has 126 valence electrons. The predicted molar refractivity (Wildman–Crippen MR) is 94.2 cm³/mol. The first-order chi connectivity index (χ1) is 11.6. The molecular formula is C17H22N6O. The second-order valence-corrected chi connectivity index (χ2v) is 5.86. The molecule has 0 unspecified atom stereocenters. The van der Waals surface area contributed by atoms with E-state index in [1.165, 1.54) is 5.56 Å². The predicted octanol–water partition coefficient (Wildman–Crippen LogP) is 2.09. The molecule has 0 aliphatic heterocycles. The number of aryl methyl sites for hydroxylation is 1. The topological polar surface area (TPSA) is 68.1 Å². The number of fused-ring (bicyclic) bond motifs is 1. The maximum absolute atomic E-state index is 5.34. The first-order valence-corrected chi connectivity index (χ1v) is 7.77. The SMILES string of the molecule is COc1cccc([C@@H](CNc2ncnc3c2cnn3C)N(C)C)c1. The fourth-order valence-corrected chi connectivity index (χ4v) is 2.74. The van der Waals surface area contributed by atoms with E-state index in [2.05, 4.69) is 51.5 Å². The standard InChI is InChI=1S/C17H22N6O/c1-22(2)15(12-6-5-7-13(8-12)24-4)10-18-16-14-9-21-23(3)17(14)20-11-19-16/h5-9,11,15H,10H2,1-4H3,(H,18,19,20)/t15-/m1/s1. The van der Waals surface area contributed by atoms with Crippen LogP contribution in [0.2, 0.25) is 0 Å². The number of methoxy groups -OCH3 is 1. The molecule has 1 aromatic carbocycles. The lowest BCUT2D eigenvalue weighted by atomic mass is 10.1. The van der Waals surface area contributed by atoms with Gasteiger partial charge in [0.15, 0.2) is 5.65 Å². The summed E-state index contributed by atoms with van der Waals surface area (Å²) in [6, 6.07) is 8.31. The first kappa shape index (κ1) is 16.2. The van der Waals surface area contributed by atoms with Gasteiger partial charge in [0, 0.05) is 13.6 Å². The van der Waals surface area contributed by atoms with Crippen LogP contribution in [0.3, 0.4) is 0 Å². The van der Waals surface area contributed by atoms with Crippen molar-refractivity contribution in [1.29, 1.82) is 0 Å². The molecule has 3 aromatic rings. The fraction of sp³-hybridized carbons (Fsp3) is 0.353. The van der Waals surface area contributed by atoms with Crippen LogP contribution in [0, 0.1) is 0 Å². The second kappa shape index (κ2) is 6.84. The van der Waals surface area contributed by atoms with Crippen molar-refractivity contribution in [2.45, 2.75) is 6.04 Å². The van der Waals surface area contributed by atoms with E-state index in [1.54, 1.807) is 24.3 Å². The number of likely N-dealkylation sites (N-methyl/N-ethyl adjacent to an activating group) is 1. The zero-order valence-electron chi connectivity index (χ0n) is 14.4. The van der Waals surface area contributed by atoms with Gasteiger partial charge in [0.1, 0.15) is 17.9 Å². The summed E-state index contributed by atoms with van der Waals surface area (Å²) < 4.78 is 7.08. The minimum atomic E-state index is 0.182. The van der Waals surface area contributed by atoms with Crippen molar-refractivity contribution in [2.24, 2.45) is 7.05 Å². The highest BCUT2D eigenvalue weighted by molar-refractivity contribution is 5.85. The van der Waals surface area contributed by atoms with E-state index >= 15 is 0 Å². The van der Waals surface area contributed by atoms with E-state index in [4.69, 9.17) is 4.74 Å². The number of hydrogen-bond donors (Lipinski definition) is 1. The van der Waals surface area contributed by atoms with Crippen LogP contribution in [0.4, 0.5) is 5.82 Å². The normalized spacial score (nSPS) is 12.5.